The number of aliphatic hydroxyl groups is 1. The molecule has 0 radical (unpaired) electrons. The van der Waals surface area contributed by atoms with Crippen molar-refractivity contribution < 1.29 is 9.84 Å². The van der Waals surface area contributed by atoms with E-state index in [-0.39, 0.29) is 24.3 Å². The number of aliphatic hydroxyl groups excluding tert-OH is 1. The number of nitrogens with zero attached hydrogens (tertiary/aromatic N) is 2. The van der Waals surface area contributed by atoms with Gasteiger partial charge in [0.1, 0.15) is 5.82 Å². The Balaban J connectivity index is 2.58. The highest BCUT2D eigenvalue weighted by Crippen LogP contribution is 2.12. The Morgan fingerprint density at radius 1 is 1.50 bits per heavy atom. The summed E-state index contributed by atoms with van der Waals surface area (Å²) in [5, 5.41) is 8.76. The van der Waals surface area contributed by atoms with Crippen LogP contribution in [0.5, 0.6) is 5.88 Å². The van der Waals surface area contributed by atoms with Gasteiger partial charge in [-0.3, -0.25) is 0 Å². The van der Waals surface area contributed by atoms with Crippen molar-refractivity contribution in [3.05, 3.63) is 6.07 Å². The van der Waals surface area contributed by atoms with Gasteiger partial charge in [-0.05, 0) is 0 Å². The summed E-state index contributed by atoms with van der Waals surface area (Å²) in [6, 6.07) is 1.49. The lowest BCUT2D eigenvalue weighted by molar-refractivity contribution is 0.171. The van der Waals surface area contributed by atoms with Crippen LogP contribution in [0.3, 0.4) is 0 Å². The number of aromatic nitrogens is 2. The maximum atomic E-state index is 8.76. The third-order valence-corrected chi connectivity index (χ3v) is 1.57. The van der Waals surface area contributed by atoms with Gasteiger partial charge in [-0.2, -0.15) is 9.97 Å². The first-order valence-corrected chi connectivity index (χ1v) is 4.25. The Labute approximate surface area is 81.9 Å². The summed E-state index contributed by atoms with van der Waals surface area (Å²) in [7, 11) is 0. The van der Waals surface area contributed by atoms with E-state index in [1.54, 1.807) is 0 Å². The zero-order valence-corrected chi connectivity index (χ0v) is 7.97. The Morgan fingerprint density at radius 2 is 2.21 bits per heavy atom. The van der Waals surface area contributed by atoms with Crippen LogP contribution in [0.4, 0.5) is 11.8 Å². The maximum absolute atomic E-state index is 8.76. The van der Waals surface area contributed by atoms with E-state index in [0.717, 1.165) is 0 Å². The molecule has 0 saturated carbocycles. The Morgan fingerprint density at radius 3 is 2.79 bits per heavy atom. The highest BCUT2D eigenvalue weighted by atomic mass is 16.5. The molecule has 0 aromatic carbocycles. The van der Waals surface area contributed by atoms with E-state index in [1.165, 1.54) is 6.07 Å². The number of ether oxygens (including phenoxy) is 1. The van der Waals surface area contributed by atoms with E-state index in [2.05, 4.69) is 9.97 Å². The molecule has 1 rings (SSSR count). The van der Waals surface area contributed by atoms with E-state index in [9.17, 15) is 0 Å². The van der Waals surface area contributed by atoms with Crippen LogP contribution in [0.1, 0.15) is 6.92 Å². The summed E-state index contributed by atoms with van der Waals surface area (Å²) in [6.45, 7) is 2.29. The summed E-state index contributed by atoms with van der Waals surface area (Å²) < 4.78 is 5.25. The van der Waals surface area contributed by atoms with Gasteiger partial charge < -0.3 is 21.3 Å². The van der Waals surface area contributed by atoms with Gasteiger partial charge in [-0.15, -0.1) is 0 Å². The molecule has 6 heteroatoms. The van der Waals surface area contributed by atoms with E-state index >= 15 is 0 Å². The molecule has 0 amide bonds. The predicted molar refractivity (Wildman–Crippen MR) is 52.6 cm³/mol. The van der Waals surface area contributed by atoms with E-state index in [0.29, 0.717) is 12.5 Å². The molecule has 1 heterocycles. The molecule has 0 aliphatic carbocycles. The highest BCUT2D eigenvalue weighted by molar-refractivity contribution is 5.38. The molecule has 1 aromatic heterocycles. The average Bonchev–Trinajstić information content (AvgIpc) is 2.12. The lowest BCUT2D eigenvalue weighted by Gasteiger charge is -2.09. The van der Waals surface area contributed by atoms with Crippen LogP contribution >= 0.6 is 0 Å². The molecule has 78 valence electrons. The van der Waals surface area contributed by atoms with Crippen LogP contribution in [-0.2, 0) is 0 Å². The predicted octanol–water partition coefficient (Wildman–Crippen LogP) is -0.352. The third-order valence-electron chi connectivity index (χ3n) is 1.57. The van der Waals surface area contributed by atoms with Crippen LogP contribution < -0.4 is 16.2 Å². The molecule has 0 aliphatic heterocycles. The number of hydrogen-bond acceptors (Lipinski definition) is 6. The van der Waals surface area contributed by atoms with E-state index in [4.69, 9.17) is 21.3 Å². The Bertz CT molecular complexity index is 285. The summed E-state index contributed by atoms with van der Waals surface area (Å²) in [6.07, 6.45) is 0. The number of hydrogen-bond donors (Lipinski definition) is 3. The molecular weight excluding hydrogens is 184 g/mol. The monoisotopic (exact) mass is 198 g/mol. The second-order valence-corrected chi connectivity index (χ2v) is 3.09. The first kappa shape index (κ1) is 10.5. The molecule has 6 nitrogen and oxygen atoms in total. The first-order chi connectivity index (χ1) is 6.61. The van der Waals surface area contributed by atoms with Gasteiger partial charge in [0.15, 0.2) is 0 Å². The molecular formula is C8H14N4O2. The van der Waals surface area contributed by atoms with Crippen LogP contribution in [0.15, 0.2) is 6.07 Å². The van der Waals surface area contributed by atoms with Crippen LogP contribution in [0, 0.1) is 5.92 Å². The minimum absolute atomic E-state index is 0.0485. The lowest BCUT2D eigenvalue weighted by atomic mass is 10.2. The van der Waals surface area contributed by atoms with E-state index < -0.39 is 0 Å². The maximum Gasteiger partial charge on any atom is 0.225 e. The molecule has 0 fully saturated rings. The zero-order valence-electron chi connectivity index (χ0n) is 7.97. The van der Waals surface area contributed by atoms with Gasteiger partial charge in [-0.25, -0.2) is 0 Å². The van der Waals surface area contributed by atoms with Gasteiger partial charge in [0, 0.05) is 18.6 Å². The SMILES string of the molecule is CC(CO)COc1cc(N)nc(N)n1. The van der Waals surface area contributed by atoms with Gasteiger partial charge in [0.25, 0.3) is 0 Å². The van der Waals surface area contributed by atoms with Crippen molar-refractivity contribution in [3.8, 4) is 5.88 Å². The van der Waals surface area contributed by atoms with E-state index in [1.807, 2.05) is 6.92 Å². The number of anilines is 2. The minimum atomic E-state index is 0.0485. The Kier molecular flexibility index (Phi) is 3.47. The van der Waals surface area contributed by atoms with Crippen molar-refractivity contribution in [1.82, 2.24) is 9.97 Å². The van der Waals surface area contributed by atoms with Crippen molar-refractivity contribution >= 4 is 11.8 Å². The third kappa shape index (κ3) is 3.06. The second kappa shape index (κ2) is 4.61. The molecule has 1 unspecified atom stereocenters. The van der Waals surface area contributed by atoms with Gasteiger partial charge in [-0.1, -0.05) is 6.92 Å². The van der Waals surface area contributed by atoms with Crippen molar-refractivity contribution in [3.63, 3.8) is 0 Å². The van der Waals surface area contributed by atoms with Crippen molar-refractivity contribution in [2.24, 2.45) is 5.92 Å². The zero-order chi connectivity index (χ0) is 10.6. The molecule has 0 spiro atoms. The largest absolute Gasteiger partial charge is 0.477 e. The summed E-state index contributed by atoms with van der Waals surface area (Å²) in [5.74, 6) is 0.725. The molecule has 1 atom stereocenters. The fourth-order valence-corrected chi connectivity index (χ4v) is 0.816. The number of nitrogens with two attached hydrogens (primary N) is 2. The van der Waals surface area contributed by atoms with Crippen LogP contribution in [0.25, 0.3) is 0 Å². The molecule has 5 N–H and O–H groups in total. The fourth-order valence-electron chi connectivity index (χ4n) is 0.816. The molecule has 0 saturated heterocycles. The average molecular weight is 198 g/mol. The Hall–Kier alpha value is -1.56. The summed E-state index contributed by atoms with van der Waals surface area (Å²) in [4.78, 5) is 7.52. The van der Waals surface area contributed by atoms with Crippen molar-refractivity contribution in [2.75, 3.05) is 24.7 Å². The normalized spacial score (nSPS) is 12.4. The minimum Gasteiger partial charge on any atom is -0.477 e. The molecule has 14 heavy (non-hydrogen) atoms. The van der Waals surface area contributed by atoms with Crippen molar-refractivity contribution in [1.29, 1.82) is 0 Å². The lowest BCUT2D eigenvalue weighted by Crippen LogP contribution is -2.13. The molecule has 0 bridgehead atoms. The second-order valence-electron chi connectivity index (χ2n) is 3.09. The van der Waals surface area contributed by atoms with Gasteiger partial charge in [0.2, 0.25) is 11.8 Å². The van der Waals surface area contributed by atoms with Crippen LogP contribution in [0.2, 0.25) is 0 Å². The van der Waals surface area contributed by atoms with Crippen LogP contribution in [-0.4, -0.2) is 28.3 Å². The topological polar surface area (TPSA) is 107 Å². The first-order valence-electron chi connectivity index (χ1n) is 4.25. The summed E-state index contributed by atoms with van der Waals surface area (Å²) >= 11 is 0. The number of rotatable bonds is 4. The van der Waals surface area contributed by atoms with Crippen molar-refractivity contribution in [2.45, 2.75) is 6.92 Å². The summed E-state index contributed by atoms with van der Waals surface area (Å²) in [5.41, 5.74) is 10.8. The smallest absolute Gasteiger partial charge is 0.225 e. The number of nitrogen functional groups attached to an aromatic ring is 2. The van der Waals surface area contributed by atoms with Gasteiger partial charge in [0.05, 0.1) is 6.61 Å². The van der Waals surface area contributed by atoms with Gasteiger partial charge >= 0.3 is 0 Å². The fraction of sp³-hybridized carbons (Fsp3) is 0.500. The molecule has 1 aromatic rings. The highest BCUT2D eigenvalue weighted by Gasteiger charge is 2.04. The molecule has 0 aliphatic rings. The quantitative estimate of drug-likeness (QED) is 0.610. The standard InChI is InChI=1S/C8H14N4O2/c1-5(3-13)4-14-7-2-6(9)11-8(10)12-7/h2,5,13H,3-4H2,1H3,(H4,9,10,11,12).